The molecule has 0 radical (unpaired) electrons. The maximum Gasteiger partial charge on any atom is 0.419 e. The van der Waals surface area contributed by atoms with Crippen LogP contribution in [0.25, 0.3) is 0 Å². The van der Waals surface area contributed by atoms with Gasteiger partial charge in [-0.3, -0.25) is 4.68 Å². The molecule has 2 aromatic rings. The van der Waals surface area contributed by atoms with Crippen LogP contribution in [-0.4, -0.2) is 16.9 Å². The summed E-state index contributed by atoms with van der Waals surface area (Å²) in [6.45, 7) is 2.04. The average Bonchev–Trinajstić information content (AvgIpc) is 2.87. The number of benzene rings is 1. The summed E-state index contributed by atoms with van der Waals surface area (Å²) < 4.78 is 44.0. The average molecular weight is 299 g/mol. The summed E-state index contributed by atoms with van der Waals surface area (Å²) in [5.41, 5.74) is 7.02. The summed E-state index contributed by atoms with van der Waals surface area (Å²) >= 11 is 0. The first-order valence-electron chi connectivity index (χ1n) is 6.31. The van der Waals surface area contributed by atoms with Crippen molar-refractivity contribution >= 4 is 0 Å². The maximum atomic E-state index is 12.5. The molecule has 0 spiro atoms. The van der Waals surface area contributed by atoms with E-state index in [4.69, 9.17) is 10.5 Å². The van der Waals surface area contributed by atoms with Gasteiger partial charge in [-0.2, -0.15) is 18.3 Å². The van der Waals surface area contributed by atoms with Crippen LogP contribution < -0.4 is 10.5 Å². The molecule has 0 saturated heterocycles. The maximum absolute atomic E-state index is 12.5. The van der Waals surface area contributed by atoms with Crippen molar-refractivity contribution in [2.75, 3.05) is 7.11 Å². The van der Waals surface area contributed by atoms with E-state index in [9.17, 15) is 13.2 Å². The van der Waals surface area contributed by atoms with Crippen LogP contribution in [0.2, 0.25) is 0 Å². The second-order valence-electron chi connectivity index (χ2n) is 4.80. The zero-order valence-electron chi connectivity index (χ0n) is 11.7. The molecule has 1 unspecified atom stereocenters. The highest BCUT2D eigenvalue weighted by Crippen LogP contribution is 2.29. The molecule has 1 aromatic carbocycles. The van der Waals surface area contributed by atoms with Gasteiger partial charge in [0.1, 0.15) is 5.75 Å². The third-order valence-corrected chi connectivity index (χ3v) is 3.13. The van der Waals surface area contributed by atoms with Gasteiger partial charge in [0, 0.05) is 11.8 Å². The lowest BCUT2D eigenvalue weighted by Gasteiger charge is -2.16. The van der Waals surface area contributed by atoms with Crippen molar-refractivity contribution in [1.82, 2.24) is 9.78 Å². The van der Waals surface area contributed by atoms with Gasteiger partial charge in [0.2, 0.25) is 0 Å². The predicted molar refractivity (Wildman–Crippen MR) is 71.9 cm³/mol. The number of halogens is 3. The molecule has 2 N–H and O–H groups in total. The number of nitrogens with zero attached hydrogens (tertiary/aromatic N) is 2. The summed E-state index contributed by atoms with van der Waals surface area (Å²) in [4.78, 5) is 0. The van der Waals surface area contributed by atoms with Gasteiger partial charge in [-0.1, -0.05) is 17.7 Å². The zero-order chi connectivity index (χ0) is 15.6. The van der Waals surface area contributed by atoms with E-state index in [0.29, 0.717) is 5.75 Å². The van der Waals surface area contributed by atoms with Crippen molar-refractivity contribution in [3.8, 4) is 5.75 Å². The molecule has 0 amide bonds. The molecular formula is C14H16F3N3O. The summed E-state index contributed by atoms with van der Waals surface area (Å²) in [6.07, 6.45) is -2.66. The van der Waals surface area contributed by atoms with Crippen LogP contribution in [0, 0.1) is 6.92 Å². The number of hydrogen-bond acceptors (Lipinski definition) is 3. The zero-order valence-corrected chi connectivity index (χ0v) is 11.7. The van der Waals surface area contributed by atoms with Crippen LogP contribution in [0.4, 0.5) is 13.2 Å². The molecule has 114 valence electrons. The van der Waals surface area contributed by atoms with Crippen LogP contribution >= 0.6 is 0 Å². The highest BCUT2D eigenvalue weighted by Gasteiger charge is 2.32. The lowest BCUT2D eigenvalue weighted by atomic mass is 10.0. The van der Waals surface area contributed by atoms with Crippen molar-refractivity contribution in [3.63, 3.8) is 0 Å². The number of aromatic nitrogens is 2. The third-order valence-electron chi connectivity index (χ3n) is 3.13. The minimum Gasteiger partial charge on any atom is -0.496 e. The van der Waals surface area contributed by atoms with Crippen LogP contribution in [0.5, 0.6) is 5.75 Å². The van der Waals surface area contributed by atoms with Crippen molar-refractivity contribution in [1.29, 1.82) is 0 Å². The number of alkyl halides is 3. The number of nitrogens with two attached hydrogens (primary N) is 1. The molecular weight excluding hydrogens is 283 g/mol. The molecule has 1 aromatic heterocycles. The first-order valence-corrected chi connectivity index (χ1v) is 6.31. The fraction of sp³-hybridized carbons (Fsp3) is 0.357. The molecule has 21 heavy (non-hydrogen) atoms. The van der Waals surface area contributed by atoms with E-state index < -0.39 is 17.8 Å². The van der Waals surface area contributed by atoms with Crippen LogP contribution in [0.3, 0.4) is 0 Å². The van der Waals surface area contributed by atoms with Crippen LogP contribution in [0.15, 0.2) is 30.6 Å². The summed E-state index contributed by atoms with van der Waals surface area (Å²) in [6, 6.07) is 5.01. The van der Waals surface area contributed by atoms with Gasteiger partial charge in [0.25, 0.3) is 0 Å². The summed E-state index contributed by atoms with van der Waals surface area (Å²) in [7, 11) is 1.52. The Balaban J connectivity index is 2.20. The number of aryl methyl sites for hydroxylation is 1. The minimum absolute atomic E-state index is 0.135. The number of rotatable bonds is 4. The Hall–Kier alpha value is -2.02. The van der Waals surface area contributed by atoms with Gasteiger partial charge < -0.3 is 10.5 Å². The Labute approximate surface area is 120 Å². The van der Waals surface area contributed by atoms with Crippen LogP contribution in [0.1, 0.15) is 22.7 Å². The van der Waals surface area contributed by atoms with E-state index in [0.717, 1.165) is 23.5 Å². The van der Waals surface area contributed by atoms with Crippen molar-refractivity contribution < 1.29 is 17.9 Å². The molecule has 1 heterocycles. The van der Waals surface area contributed by atoms with Gasteiger partial charge in [-0.15, -0.1) is 0 Å². The molecule has 1 atom stereocenters. The smallest absolute Gasteiger partial charge is 0.419 e. The molecule has 0 saturated carbocycles. The standard InChI is InChI=1S/C14H16F3N3O/c1-9-3-4-13(21-2)11(5-9)12(18)8-20-7-10(6-19-20)14(15,16)17/h3-7,12H,8,18H2,1-2H3. The van der Waals surface area contributed by atoms with E-state index in [-0.39, 0.29) is 6.54 Å². The minimum atomic E-state index is -4.40. The Morgan fingerprint density at radius 2 is 2.10 bits per heavy atom. The fourth-order valence-electron chi connectivity index (χ4n) is 2.05. The molecule has 7 heteroatoms. The highest BCUT2D eigenvalue weighted by atomic mass is 19.4. The van der Waals surface area contributed by atoms with Gasteiger partial charge in [-0.25, -0.2) is 0 Å². The number of ether oxygens (including phenoxy) is 1. The monoisotopic (exact) mass is 299 g/mol. The van der Waals surface area contributed by atoms with Crippen molar-refractivity contribution in [3.05, 3.63) is 47.3 Å². The largest absolute Gasteiger partial charge is 0.496 e. The van der Waals surface area contributed by atoms with E-state index in [1.807, 2.05) is 19.1 Å². The number of methoxy groups -OCH3 is 1. The van der Waals surface area contributed by atoms with Gasteiger partial charge >= 0.3 is 6.18 Å². The van der Waals surface area contributed by atoms with E-state index in [1.165, 1.54) is 11.8 Å². The van der Waals surface area contributed by atoms with Gasteiger partial charge in [-0.05, 0) is 13.0 Å². The third kappa shape index (κ3) is 3.55. The number of hydrogen-bond donors (Lipinski definition) is 1. The van der Waals surface area contributed by atoms with E-state index in [1.54, 1.807) is 6.07 Å². The van der Waals surface area contributed by atoms with Crippen molar-refractivity contribution in [2.24, 2.45) is 5.73 Å². The Morgan fingerprint density at radius 3 is 2.67 bits per heavy atom. The Morgan fingerprint density at radius 1 is 1.38 bits per heavy atom. The Kier molecular flexibility index (Phi) is 4.22. The molecule has 0 aliphatic carbocycles. The Bertz CT molecular complexity index is 622. The second-order valence-corrected chi connectivity index (χ2v) is 4.80. The molecule has 4 nitrogen and oxygen atoms in total. The van der Waals surface area contributed by atoms with E-state index in [2.05, 4.69) is 5.10 Å². The lowest BCUT2D eigenvalue weighted by molar-refractivity contribution is -0.137. The van der Waals surface area contributed by atoms with Gasteiger partial charge in [0.15, 0.2) is 0 Å². The molecule has 0 fully saturated rings. The quantitative estimate of drug-likeness (QED) is 0.944. The normalized spacial score (nSPS) is 13.2. The molecule has 0 aliphatic heterocycles. The van der Waals surface area contributed by atoms with Gasteiger partial charge in [0.05, 0.1) is 31.5 Å². The second kappa shape index (κ2) is 5.77. The van der Waals surface area contributed by atoms with Crippen LogP contribution in [-0.2, 0) is 12.7 Å². The summed E-state index contributed by atoms with van der Waals surface area (Å²) in [5.74, 6) is 0.608. The van der Waals surface area contributed by atoms with E-state index >= 15 is 0 Å². The first kappa shape index (κ1) is 15.4. The summed E-state index contributed by atoms with van der Waals surface area (Å²) in [5, 5.41) is 3.70. The fourth-order valence-corrected chi connectivity index (χ4v) is 2.05. The SMILES string of the molecule is COc1ccc(C)cc1C(N)Cn1cc(C(F)(F)F)cn1. The highest BCUT2D eigenvalue weighted by molar-refractivity contribution is 5.38. The predicted octanol–water partition coefficient (Wildman–Crippen LogP) is 2.92. The molecule has 0 bridgehead atoms. The topological polar surface area (TPSA) is 53.1 Å². The molecule has 0 aliphatic rings. The lowest BCUT2D eigenvalue weighted by Crippen LogP contribution is -2.19. The first-order chi connectivity index (χ1) is 9.81. The molecule has 2 rings (SSSR count). The van der Waals surface area contributed by atoms with Crippen molar-refractivity contribution in [2.45, 2.75) is 25.7 Å².